The summed E-state index contributed by atoms with van der Waals surface area (Å²) in [6.07, 6.45) is 3.78. The van der Waals surface area contributed by atoms with Gasteiger partial charge in [0.1, 0.15) is 31.5 Å². The van der Waals surface area contributed by atoms with E-state index in [1.807, 2.05) is 0 Å². The molecule has 0 spiro atoms. The van der Waals surface area contributed by atoms with E-state index >= 15 is 8.78 Å². The van der Waals surface area contributed by atoms with Gasteiger partial charge in [0.2, 0.25) is 0 Å². The Kier molecular flexibility index (Phi) is 9.93. The highest BCUT2D eigenvalue weighted by atomic mass is 35.5. The lowest BCUT2D eigenvalue weighted by atomic mass is 10.1. The fourth-order valence-corrected chi connectivity index (χ4v) is 11.4. The monoisotopic (exact) mass is 900 g/mol. The quantitative estimate of drug-likeness (QED) is 0.102. The highest BCUT2D eigenvalue weighted by molar-refractivity contribution is 7.88. The summed E-state index contributed by atoms with van der Waals surface area (Å²) in [6.45, 7) is 0. The number of hydrogen-bond donors (Lipinski definition) is 2. The topological polar surface area (TPSA) is 144 Å². The molecule has 0 unspecified atom stereocenters. The van der Waals surface area contributed by atoms with Crippen LogP contribution in [0.25, 0.3) is 45.5 Å². The minimum Gasteiger partial charge on any atom is -0.281 e. The lowest BCUT2D eigenvalue weighted by Crippen LogP contribution is -2.00. The van der Waals surface area contributed by atoms with E-state index in [0.717, 1.165) is 22.7 Å². The maximum Gasteiger partial charge on any atom is 0.304 e. The normalized spacial score (nSPS) is 14.0. The van der Waals surface area contributed by atoms with Crippen LogP contribution in [0.1, 0.15) is 51.5 Å². The van der Waals surface area contributed by atoms with Crippen molar-refractivity contribution in [1.82, 2.24) is 19.6 Å². The molecular weight excluding hydrogens is 880 g/mol. The predicted molar refractivity (Wildman–Crippen MR) is 211 cm³/mol. The number of fused-ring (bicyclic) bond motifs is 6. The number of rotatable bonds is 10. The minimum absolute atomic E-state index is 0.0335. The van der Waals surface area contributed by atoms with E-state index in [1.165, 1.54) is 45.8 Å². The van der Waals surface area contributed by atoms with Crippen molar-refractivity contribution in [3.05, 3.63) is 113 Å². The summed E-state index contributed by atoms with van der Waals surface area (Å²) in [7, 11) is -8.95. The van der Waals surface area contributed by atoms with Gasteiger partial charge < -0.3 is 0 Å². The van der Waals surface area contributed by atoms with Gasteiger partial charge in [-0.1, -0.05) is 46.4 Å². The van der Waals surface area contributed by atoms with E-state index in [4.69, 9.17) is 46.4 Å². The fourth-order valence-electron chi connectivity index (χ4n) is 6.64. The molecule has 0 saturated heterocycles. The lowest BCUT2D eigenvalue weighted by Gasteiger charge is -2.08. The molecule has 4 aromatic heterocycles. The van der Waals surface area contributed by atoms with Crippen molar-refractivity contribution in [2.24, 2.45) is 0 Å². The van der Waals surface area contributed by atoms with Crippen LogP contribution < -0.4 is 0 Å². The average Bonchev–Trinajstić information content (AvgIpc) is 3.92. The molecule has 20 heteroatoms. The Hall–Kier alpha value is -3.42. The summed E-state index contributed by atoms with van der Waals surface area (Å²) >= 11 is 27.0. The second-order valence-electron chi connectivity index (χ2n) is 12.5. The molecule has 8 rings (SSSR count). The van der Waals surface area contributed by atoms with Crippen LogP contribution in [0.15, 0.2) is 69.1 Å². The van der Waals surface area contributed by atoms with Crippen LogP contribution in [0.3, 0.4) is 0 Å². The number of halogens is 6. The molecule has 2 aliphatic rings. The lowest BCUT2D eigenvalue weighted by molar-refractivity contribution is 0.483. The predicted octanol–water partition coefficient (Wildman–Crippen LogP) is 10.9. The molecule has 2 aromatic carbocycles. The summed E-state index contributed by atoms with van der Waals surface area (Å²) in [5, 5.41) is 10.2. The summed E-state index contributed by atoms with van der Waals surface area (Å²) in [4.78, 5) is 1.21. The van der Waals surface area contributed by atoms with E-state index in [1.54, 1.807) is 24.3 Å². The van der Waals surface area contributed by atoms with E-state index in [9.17, 15) is 25.9 Å². The molecule has 2 N–H and O–H groups in total. The Balaban J connectivity index is 1.06. The molecule has 284 valence electrons. The summed E-state index contributed by atoms with van der Waals surface area (Å²) in [6, 6.07) is 12.1. The number of benzene rings is 2. The second kappa shape index (κ2) is 14.2. The molecule has 0 aliphatic heterocycles. The number of aromatic nitrogens is 4. The van der Waals surface area contributed by atoms with Crippen LogP contribution in [-0.2, 0) is 33.1 Å². The Morgan fingerprint density at radius 2 is 1.09 bits per heavy atom. The molecule has 0 fully saturated rings. The zero-order valence-electron chi connectivity index (χ0n) is 27.5. The first-order chi connectivity index (χ1) is 26.0. The molecule has 0 radical (unpaired) electrons. The average molecular weight is 903 g/mol. The third-order valence-electron chi connectivity index (χ3n) is 9.02. The molecule has 0 amide bonds. The van der Waals surface area contributed by atoms with Gasteiger partial charge in [-0.05, 0) is 79.9 Å². The minimum atomic E-state index is -4.47. The highest BCUT2D eigenvalue weighted by Gasteiger charge is 2.35. The largest absolute Gasteiger partial charge is 0.304 e. The SMILES string of the molecule is O=S(=O)(O)c1cc2c(s1)Cc1c(/C(F)=C/CCC/C=C(\F)c3nn(-c4ccc(Cl)cc4Cl)c4c3Cc3sc(S(=O)(=O)O)cc3-4)nn(-c3ccc(Cl)cc3Cl)c1-2. The smallest absolute Gasteiger partial charge is 0.281 e. The molecule has 4 heterocycles. The van der Waals surface area contributed by atoms with Crippen molar-refractivity contribution in [2.45, 2.75) is 40.5 Å². The number of thiophene rings is 2. The van der Waals surface area contributed by atoms with Gasteiger partial charge in [0.05, 0.1) is 32.8 Å². The van der Waals surface area contributed by atoms with Gasteiger partial charge in [0.25, 0.3) is 0 Å². The zero-order chi connectivity index (χ0) is 39.1. The first-order valence-electron chi connectivity index (χ1n) is 16.1. The van der Waals surface area contributed by atoms with Gasteiger partial charge in [0.15, 0.2) is 0 Å². The van der Waals surface area contributed by atoms with Crippen molar-refractivity contribution in [1.29, 1.82) is 0 Å². The van der Waals surface area contributed by atoms with E-state index in [-0.39, 0.29) is 55.5 Å². The van der Waals surface area contributed by atoms with Crippen LogP contribution in [0.2, 0.25) is 20.1 Å². The van der Waals surface area contributed by atoms with Gasteiger partial charge >= 0.3 is 20.2 Å². The third-order valence-corrected chi connectivity index (χ3v) is 15.0. The van der Waals surface area contributed by atoms with Crippen molar-refractivity contribution in [2.75, 3.05) is 0 Å². The Labute approximate surface area is 340 Å². The Bertz CT molecular complexity index is 2700. The molecule has 0 atom stereocenters. The standard InChI is InChI=1S/C35H22Cl4F2N4O6S4/c36-16-6-8-26(22(38)10-16)44-34-18-14-30(54(46,47)48)52-28(18)12-20(34)32(42-44)24(40)4-2-1-3-5-25(41)33-21-13-29-19(15-31(53-29)55(49,50)51)35(21)45(43-33)27-9-7-17(37)11-23(27)39/h4-11,14-15H,1-3,12-13H2,(H,46,47,48)(H,49,50,51)/b24-4-,25-5-. The number of nitrogens with zero attached hydrogens (tertiary/aromatic N) is 4. The van der Waals surface area contributed by atoms with E-state index < -0.39 is 31.9 Å². The van der Waals surface area contributed by atoms with Crippen LogP contribution >= 0.6 is 69.1 Å². The summed E-state index contributed by atoms with van der Waals surface area (Å²) in [5.41, 5.74) is 3.68. The maximum atomic E-state index is 15.9. The number of unbranched alkanes of at least 4 members (excludes halogenated alkanes) is 2. The Morgan fingerprint density at radius 1 is 0.691 bits per heavy atom. The Morgan fingerprint density at radius 3 is 1.45 bits per heavy atom. The first kappa shape index (κ1) is 38.5. The van der Waals surface area contributed by atoms with Crippen LogP contribution in [0.5, 0.6) is 0 Å². The van der Waals surface area contributed by atoms with E-state index in [0.29, 0.717) is 71.2 Å². The van der Waals surface area contributed by atoms with Crippen LogP contribution in [0.4, 0.5) is 8.78 Å². The van der Waals surface area contributed by atoms with Gasteiger partial charge in [-0.15, -0.1) is 22.7 Å². The van der Waals surface area contributed by atoms with Gasteiger partial charge in [-0.25, -0.2) is 18.1 Å². The molecule has 0 saturated carbocycles. The van der Waals surface area contributed by atoms with Crippen LogP contribution in [0, 0.1) is 0 Å². The number of allylic oxidation sites excluding steroid dienone is 2. The third kappa shape index (κ3) is 7.00. The molecular formula is C35H22Cl4F2N4O6S4. The van der Waals surface area contributed by atoms with Crippen molar-refractivity contribution >= 4 is 101 Å². The first-order valence-corrected chi connectivity index (χ1v) is 22.1. The fraction of sp³-hybridized carbons (Fsp3) is 0.143. The van der Waals surface area contributed by atoms with Gasteiger partial charge in [-0.3, -0.25) is 9.11 Å². The second-order valence-corrected chi connectivity index (χ2v) is 19.8. The van der Waals surface area contributed by atoms with Crippen molar-refractivity contribution in [3.8, 4) is 33.9 Å². The molecule has 55 heavy (non-hydrogen) atoms. The van der Waals surface area contributed by atoms with Gasteiger partial charge in [0, 0.05) is 54.9 Å². The van der Waals surface area contributed by atoms with Crippen molar-refractivity contribution in [3.63, 3.8) is 0 Å². The molecule has 6 aromatic rings. The summed E-state index contributed by atoms with van der Waals surface area (Å²) in [5.74, 6) is -1.27. The molecule has 10 nitrogen and oxygen atoms in total. The summed E-state index contributed by atoms with van der Waals surface area (Å²) < 4.78 is 101. The van der Waals surface area contributed by atoms with E-state index in [2.05, 4.69) is 10.2 Å². The van der Waals surface area contributed by atoms with Crippen molar-refractivity contribution < 1.29 is 34.7 Å². The molecule has 0 bridgehead atoms. The zero-order valence-corrected chi connectivity index (χ0v) is 33.8. The number of hydrogen-bond acceptors (Lipinski definition) is 8. The maximum absolute atomic E-state index is 15.9. The highest BCUT2D eigenvalue weighted by Crippen LogP contribution is 2.49. The van der Waals surface area contributed by atoms with Gasteiger partial charge in [-0.2, -0.15) is 27.0 Å². The molecule has 2 aliphatic carbocycles. The van der Waals surface area contributed by atoms with Crippen LogP contribution in [-0.4, -0.2) is 45.5 Å².